The molecular weight excluding hydrogens is 188 g/mol. The van der Waals surface area contributed by atoms with E-state index in [1.54, 1.807) is 12.1 Å². The summed E-state index contributed by atoms with van der Waals surface area (Å²) in [6.45, 7) is 4.17. The van der Waals surface area contributed by atoms with Crippen molar-refractivity contribution in [2.75, 3.05) is 0 Å². The number of aromatic nitrogens is 2. The van der Waals surface area contributed by atoms with Crippen LogP contribution in [0.5, 0.6) is 5.75 Å². The van der Waals surface area contributed by atoms with Crippen molar-refractivity contribution < 1.29 is 5.11 Å². The van der Waals surface area contributed by atoms with E-state index in [1.165, 1.54) is 0 Å². The van der Waals surface area contributed by atoms with E-state index in [0.717, 1.165) is 11.1 Å². The summed E-state index contributed by atoms with van der Waals surface area (Å²) in [7, 11) is 0. The molecule has 1 aromatic heterocycles. The second kappa shape index (κ2) is 3.77. The second-order valence-corrected chi connectivity index (χ2v) is 3.85. The van der Waals surface area contributed by atoms with Crippen LogP contribution in [0.2, 0.25) is 0 Å². The van der Waals surface area contributed by atoms with Crippen molar-refractivity contribution in [1.82, 2.24) is 9.78 Å². The van der Waals surface area contributed by atoms with Crippen LogP contribution in [-0.2, 0) is 0 Å². The van der Waals surface area contributed by atoms with Crippen LogP contribution in [0.3, 0.4) is 0 Å². The van der Waals surface area contributed by atoms with Crippen molar-refractivity contribution in [3.8, 4) is 16.9 Å². The van der Waals surface area contributed by atoms with E-state index in [1.807, 2.05) is 29.2 Å². The predicted molar refractivity (Wildman–Crippen MR) is 59.7 cm³/mol. The third kappa shape index (κ3) is 2.01. The largest absolute Gasteiger partial charge is 0.508 e. The van der Waals surface area contributed by atoms with Gasteiger partial charge in [-0.1, -0.05) is 12.1 Å². The summed E-state index contributed by atoms with van der Waals surface area (Å²) in [6.07, 6.45) is 3.80. The summed E-state index contributed by atoms with van der Waals surface area (Å²) in [5, 5.41) is 13.6. The molecule has 3 heteroatoms. The van der Waals surface area contributed by atoms with Gasteiger partial charge in [-0.15, -0.1) is 0 Å². The second-order valence-electron chi connectivity index (χ2n) is 3.85. The van der Waals surface area contributed by atoms with Crippen molar-refractivity contribution >= 4 is 0 Å². The Morgan fingerprint density at radius 1 is 1.27 bits per heavy atom. The lowest BCUT2D eigenvalue weighted by Crippen LogP contribution is -1.99. The molecule has 2 aromatic rings. The van der Waals surface area contributed by atoms with Crippen LogP contribution in [0.25, 0.3) is 11.1 Å². The first-order valence-electron chi connectivity index (χ1n) is 5.00. The molecule has 1 aromatic carbocycles. The van der Waals surface area contributed by atoms with Gasteiger partial charge in [-0.3, -0.25) is 4.68 Å². The number of hydrogen-bond acceptors (Lipinski definition) is 2. The third-order valence-corrected chi connectivity index (χ3v) is 2.31. The summed E-state index contributed by atoms with van der Waals surface area (Å²) in [6, 6.07) is 7.55. The fourth-order valence-electron chi connectivity index (χ4n) is 1.45. The zero-order valence-corrected chi connectivity index (χ0v) is 8.88. The molecule has 3 nitrogen and oxygen atoms in total. The molecule has 0 radical (unpaired) electrons. The van der Waals surface area contributed by atoms with Crippen molar-refractivity contribution in [1.29, 1.82) is 0 Å². The highest BCUT2D eigenvalue weighted by atomic mass is 16.3. The normalized spacial score (nSPS) is 10.9. The maximum atomic E-state index is 9.36. The molecule has 0 unspecified atom stereocenters. The van der Waals surface area contributed by atoms with Gasteiger partial charge in [0.05, 0.1) is 6.20 Å². The van der Waals surface area contributed by atoms with Gasteiger partial charge in [0.2, 0.25) is 0 Å². The van der Waals surface area contributed by atoms with E-state index in [0.29, 0.717) is 6.04 Å². The van der Waals surface area contributed by atoms with Gasteiger partial charge in [-0.2, -0.15) is 5.10 Å². The van der Waals surface area contributed by atoms with E-state index >= 15 is 0 Å². The highest BCUT2D eigenvalue weighted by molar-refractivity contribution is 5.63. The lowest BCUT2D eigenvalue weighted by atomic mass is 10.1. The van der Waals surface area contributed by atoms with Crippen LogP contribution in [0.4, 0.5) is 0 Å². The molecule has 0 aliphatic heterocycles. The Balaban J connectivity index is 2.37. The Morgan fingerprint density at radius 2 is 2.07 bits per heavy atom. The average Bonchev–Trinajstić information content (AvgIpc) is 2.66. The molecule has 0 aliphatic rings. The molecule has 0 aliphatic carbocycles. The van der Waals surface area contributed by atoms with Crippen LogP contribution >= 0.6 is 0 Å². The summed E-state index contributed by atoms with van der Waals surface area (Å²) < 4.78 is 1.90. The molecule has 0 saturated heterocycles. The van der Waals surface area contributed by atoms with Gasteiger partial charge in [0.1, 0.15) is 5.75 Å². The van der Waals surface area contributed by atoms with Crippen LogP contribution in [-0.4, -0.2) is 14.9 Å². The number of phenolic OH excluding ortho intramolecular Hbond substituents is 1. The summed E-state index contributed by atoms with van der Waals surface area (Å²) in [5.74, 6) is 0.282. The zero-order valence-electron chi connectivity index (χ0n) is 8.88. The first kappa shape index (κ1) is 9.77. The smallest absolute Gasteiger partial charge is 0.116 e. The lowest BCUT2D eigenvalue weighted by molar-refractivity contribution is 0.475. The molecule has 1 N–H and O–H groups in total. The van der Waals surface area contributed by atoms with E-state index in [2.05, 4.69) is 18.9 Å². The Labute approximate surface area is 89.0 Å². The molecule has 0 bridgehead atoms. The minimum Gasteiger partial charge on any atom is -0.508 e. The number of hydrogen-bond donors (Lipinski definition) is 1. The Bertz CT molecular complexity index is 460. The maximum Gasteiger partial charge on any atom is 0.116 e. The van der Waals surface area contributed by atoms with E-state index in [4.69, 9.17) is 0 Å². The van der Waals surface area contributed by atoms with Gasteiger partial charge in [0, 0.05) is 17.8 Å². The average molecular weight is 202 g/mol. The standard InChI is InChI=1S/C12H14N2O/c1-9(2)14-8-11(7-13-14)10-4-3-5-12(15)6-10/h3-9,15H,1-2H3. The monoisotopic (exact) mass is 202 g/mol. The Kier molecular flexibility index (Phi) is 2.46. The van der Waals surface area contributed by atoms with Gasteiger partial charge in [-0.25, -0.2) is 0 Å². The van der Waals surface area contributed by atoms with Crippen LogP contribution < -0.4 is 0 Å². The minimum absolute atomic E-state index is 0.282. The molecular formula is C12H14N2O. The molecule has 0 fully saturated rings. The van der Waals surface area contributed by atoms with Gasteiger partial charge in [0.25, 0.3) is 0 Å². The maximum absolute atomic E-state index is 9.36. The Morgan fingerprint density at radius 3 is 2.67 bits per heavy atom. The zero-order chi connectivity index (χ0) is 10.8. The highest BCUT2D eigenvalue weighted by Gasteiger charge is 2.04. The number of benzene rings is 1. The fraction of sp³-hybridized carbons (Fsp3) is 0.250. The molecule has 0 spiro atoms. The van der Waals surface area contributed by atoms with Crippen LogP contribution in [0.15, 0.2) is 36.7 Å². The molecule has 78 valence electrons. The number of nitrogens with zero attached hydrogens (tertiary/aromatic N) is 2. The topological polar surface area (TPSA) is 38.0 Å². The van der Waals surface area contributed by atoms with Crippen molar-refractivity contribution in [2.45, 2.75) is 19.9 Å². The van der Waals surface area contributed by atoms with Crippen molar-refractivity contribution in [2.24, 2.45) is 0 Å². The number of rotatable bonds is 2. The number of phenols is 1. The third-order valence-electron chi connectivity index (χ3n) is 2.31. The van der Waals surface area contributed by atoms with Gasteiger partial charge in [0.15, 0.2) is 0 Å². The summed E-state index contributed by atoms with van der Waals surface area (Å²) >= 11 is 0. The first-order chi connectivity index (χ1) is 7.16. The van der Waals surface area contributed by atoms with E-state index in [-0.39, 0.29) is 5.75 Å². The van der Waals surface area contributed by atoms with Crippen LogP contribution in [0.1, 0.15) is 19.9 Å². The van der Waals surface area contributed by atoms with E-state index < -0.39 is 0 Å². The van der Waals surface area contributed by atoms with Crippen LogP contribution in [0, 0.1) is 0 Å². The van der Waals surface area contributed by atoms with E-state index in [9.17, 15) is 5.11 Å². The first-order valence-corrected chi connectivity index (χ1v) is 5.00. The molecule has 0 saturated carbocycles. The quantitative estimate of drug-likeness (QED) is 0.813. The lowest BCUT2D eigenvalue weighted by Gasteiger charge is -2.03. The van der Waals surface area contributed by atoms with Gasteiger partial charge < -0.3 is 5.11 Å². The molecule has 0 atom stereocenters. The summed E-state index contributed by atoms with van der Waals surface area (Å²) in [5.41, 5.74) is 2.02. The molecule has 2 rings (SSSR count). The molecule has 15 heavy (non-hydrogen) atoms. The van der Waals surface area contributed by atoms with Crippen molar-refractivity contribution in [3.05, 3.63) is 36.7 Å². The minimum atomic E-state index is 0.282. The number of aromatic hydroxyl groups is 1. The summed E-state index contributed by atoms with van der Waals surface area (Å²) in [4.78, 5) is 0. The SMILES string of the molecule is CC(C)n1cc(-c2cccc(O)c2)cn1. The molecule has 1 heterocycles. The van der Waals surface area contributed by atoms with Crippen molar-refractivity contribution in [3.63, 3.8) is 0 Å². The molecule has 0 amide bonds. The Hall–Kier alpha value is -1.77. The predicted octanol–water partition coefficient (Wildman–Crippen LogP) is 2.84. The fourth-order valence-corrected chi connectivity index (χ4v) is 1.45. The van der Waals surface area contributed by atoms with Gasteiger partial charge >= 0.3 is 0 Å². The highest BCUT2D eigenvalue weighted by Crippen LogP contribution is 2.23. The van der Waals surface area contributed by atoms with Gasteiger partial charge in [-0.05, 0) is 31.5 Å².